The molecule has 0 aliphatic carbocycles. The summed E-state index contributed by atoms with van der Waals surface area (Å²) >= 11 is 5.97. The summed E-state index contributed by atoms with van der Waals surface area (Å²) in [6.07, 6.45) is 0. The molecular formula is C9H7F2N3S2. The fourth-order valence-electron chi connectivity index (χ4n) is 1.14. The minimum atomic E-state index is -0.528. The largest absolute Gasteiger partial charge is 0.328 e. The lowest BCUT2D eigenvalue weighted by Crippen LogP contribution is -1.96. The van der Waals surface area contributed by atoms with E-state index in [-0.39, 0.29) is 11.3 Å². The highest BCUT2D eigenvalue weighted by atomic mass is 32.1. The van der Waals surface area contributed by atoms with Crippen LogP contribution in [0.2, 0.25) is 0 Å². The molecule has 0 saturated carbocycles. The Labute approximate surface area is 99.1 Å². The summed E-state index contributed by atoms with van der Waals surface area (Å²) in [5.74, 6) is -0.997. The van der Waals surface area contributed by atoms with Crippen molar-refractivity contribution in [3.63, 3.8) is 0 Å². The van der Waals surface area contributed by atoms with E-state index < -0.39 is 11.6 Å². The molecule has 2 rings (SSSR count). The number of benzene rings is 1. The Morgan fingerprint density at radius 1 is 1.38 bits per heavy atom. The van der Waals surface area contributed by atoms with Gasteiger partial charge in [-0.05, 0) is 30.8 Å². The highest BCUT2D eigenvalue weighted by molar-refractivity contribution is 7.73. The molecule has 0 unspecified atom stereocenters. The lowest BCUT2D eigenvalue weighted by Gasteiger charge is -2.05. The van der Waals surface area contributed by atoms with E-state index in [4.69, 9.17) is 12.2 Å². The molecule has 1 aromatic carbocycles. The predicted molar refractivity (Wildman–Crippen MR) is 61.7 cm³/mol. The molecule has 7 heteroatoms. The van der Waals surface area contributed by atoms with Crippen LogP contribution in [0.5, 0.6) is 0 Å². The molecule has 3 nitrogen and oxygen atoms in total. The average molecular weight is 259 g/mol. The molecule has 1 aromatic heterocycles. The first kappa shape index (κ1) is 11.2. The molecule has 1 heterocycles. The molecule has 84 valence electrons. The maximum atomic E-state index is 13.4. The van der Waals surface area contributed by atoms with Gasteiger partial charge in [0.25, 0.3) is 0 Å². The van der Waals surface area contributed by atoms with E-state index in [0.717, 1.165) is 23.5 Å². The first-order chi connectivity index (χ1) is 7.56. The van der Waals surface area contributed by atoms with Crippen molar-refractivity contribution in [3.8, 4) is 0 Å². The number of hydrogen-bond acceptors (Lipinski definition) is 4. The lowest BCUT2D eigenvalue weighted by atomic mass is 10.2. The van der Waals surface area contributed by atoms with Crippen LogP contribution in [-0.2, 0) is 0 Å². The number of hydrogen-bond donors (Lipinski definition) is 2. The number of aromatic amines is 1. The molecule has 0 aliphatic rings. The van der Waals surface area contributed by atoms with Crippen LogP contribution >= 0.6 is 23.6 Å². The predicted octanol–water partition coefficient (Wildman–Crippen LogP) is 3.53. The van der Waals surface area contributed by atoms with Crippen molar-refractivity contribution in [1.82, 2.24) is 10.2 Å². The number of anilines is 2. The third kappa shape index (κ3) is 2.25. The van der Waals surface area contributed by atoms with Crippen LogP contribution in [-0.4, -0.2) is 10.2 Å². The molecule has 0 aliphatic heterocycles. The summed E-state index contributed by atoms with van der Waals surface area (Å²) in [4.78, 5) is 0. The van der Waals surface area contributed by atoms with Crippen LogP contribution in [0.25, 0.3) is 0 Å². The molecule has 0 bridgehead atoms. The van der Waals surface area contributed by atoms with Crippen LogP contribution in [0.15, 0.2) is 12.1 Å². The van der Waals surface area contributed by atoms with E-state index in [2.05, 4.69) is 15.5 Å². The zero-order valence-electron chi connectivity index (χ0n) is 8.17. The van der Waals surface area contributed by atoms with Gasteiger partial charge in [0.1, 0.15) is 11.6 Å². The van der Waals surface area contributed by atoms with Crippen molar-refractivity contribution in [3.05, 3.63) is 33.3 Å². The average Bonchev–Trinajstić information content (AvgIpc) is 2.60. The molecule has 2 N–H and O–H groups in total. The van der Waals surface area contributed by atoms with Crippen molar-refractivity contribution >= 4 is 34.4 Å². The summed E-state index contributed by atoms with van der Waals surface area (Å²) in [5.41, 5.74) is 0.304. The number of aromatic nitrogens is 2. The second kappa shape index (κ2) is 4.26. The van der Waals surface area contributed by atoms with E-state index in [1.165, 1.54) is 6.92 Å². The molecule has 0 amide bonds. The normalized spacial score (nSPS) is 10.4. The zero-order chi connectivity index (χ0) is 11.7. The first-order valence-electron chi connectivity index (χ1n) is 4.34. The monoisotopic (exact) mass is 259 g/mol. The summed E-state index contributed by atoms with van der Waals surface area (Å²) in [5, 5.41) is 9.38. The highest BCUT2D eigenvalue weighted by Gasteiger charge is 2.08. The third-order valence-electron chi connectivity index (χ3n) is 1.93. The van der Waals surface area contributed by atoms with Gasteiger partial charge in [0.2, 0.25) is 5.13 Å². The number of aryl methyl sites for hydroxylation is 1. The van der Waals surface area contributed by atoms with Gasteiger partial charge in [-0.3, -0.25) is 5.10 Å². The van der Waals surface area contributed by atoms with Gasteiger partial charge in [-0.15, -0.1) is 5.10 Å². The molecule has 16 heavy (non-hydrogen) atoms. The van der Waals surface area contributed by atoms with E-state index in [1.54, 1.807) is 0 Å². The molecular weight excluding hydrogens is 252 g/mol. The summed E-state index contributed by atoms with van der Waals surface area (Å²) in [7, 11) is 0. The lowest BCUT2D eigenvalue weighted by molar-refractivity contribution is 0.595. The molecule has 0 spiro atoms. The maximum Gasteiger partial charge on any atom is 0.208 e. The van der Waals surface area contributed by atoms with E-state index >= 15 is 0 Å². The van der Waals surface area contributed by atoms with Crippen molar-refractivity contribution in [2.24, 2.45) is 0 Å². The Bertz CT molecular complexity index is 576. The molecule has 0 fully saturated rings. The summed E-state index contributed by atoms with van der Waals surface area (Å²) < 4.78 is 27.1. The number of nitrogens with one attached hydrogen (secondary N) is 2. The fourth-order valence-corrected chi connectivity index (χ4v) is 1.94. The summed E-state index contributed by atoms with van der Waals surface area (Å²) in [6.45, 7) is 1.50. The minimum Gasteiger partial charge on any atom is -0.328 e. The fraction of sp³-hybridized carbons (Fsp3) is 0.111. The van der Waals surface area contributed by atoms with Gasteiger partial charge in [-0.25, -0.2) is 8.78 Å². The van der Waals surface area contributed by atoms with Crippen LogP contribution in [0.4, 0.5) is 19.6 Å². The van der Waals surface area contributed by atoms with Crippen LogP contribution in [0.3, 0.4) is 0 Å². The smallest absolute Gasteiger partial charge is 0.208 e. The molecule has 0 radical (unpaired) electrons. The maximum absolute atomic E-state index is 13.4. The Balaban J connectivity index is 2.34. The second-order valence-corrected chi connectivity index (χ2v) is 4.79. The van der Waals surface area contributed by atoms with Gasteiger partial charge >= 0.3 is 0 Å². The van der Waals surface area contributed by atoms with Crippen LogP contribution in [0.1, 0.15) is 5.56 Å². The van der Waals surface area contributed by atoms with E-state index in [1.807, 2.05) is 0 Å². The molecule has 0 atom stereocenters. The van der Waals surface area contributed by atoms with Gasteiger partial charge < -0.3 is 5.32 Å². The SMILES string of the molecule is Cc1cc(F)c(Nc2n[nH]c(=S)s2)cc1F. The quantitative estimate of drug-likeness (QED) is 0.811. The Kier molecular flexibility index (Phi) is 2.97. The molecule has 2 aromatic rings. The number of H-pyrrole nitrogens is 1. The number of nitrogens with zero attached hydrogens (tertiary/aromatic N) is 1. The number of rotatable bonds is 2. The Hall–Kier alpha value is -1.34. The van der Waals surface area contributed by atoms with Crippen molar-refractivity contribution < 1.29 is 8.78 Å². The topological polar surface area (TPSA) is 40.7 Å². The van der Waals surface area contributed by atoms with Gasteiger partial charge in [-0.1, -0.05) is 11.3 Å². The van der Waals surface area contributed by atoms with Gasteiger partial charge in [-0.2, -0.15) is 0 Å². The molecule has 0 saturated heterocycles. The van der Waals surface area contributed by atoms with Gasteiger partial charge in [0, 0.05) is 6.07 Å². The van der Waals surface area contributed by atoms with Crippen LogP contribution in [0, 0.1) is 22.5 Å². The Morgan fingerprint density at radius 2 is 2.12 bits per heavy atom. The zero-order valence-corrected chi connectivity index (χ0v) is 9.81. The third-order valence-corrected chi connectivity index (χ3v) is 2.93. The van der Waals surface area contributed by atoms with E-state index in [9.17, 15) is 8.78 Å². The van der Waals surface area contributed by atoms with Crippen LogP contribution < -0.4 is 5.32 Å². The van der Waals surface area contributed by atoms with Gasteiger partial charge in [0.05, 0.1) is 5.69 Å². The first-order valence-corrected chi connectivity index (χ1v) is 5.57. The van der Waals surface area contributed by atoms with E-state index in [0.29, 0.717) is 9.09 Å². The minimum absolute atomic E-state index is 0.0425. The second-order valence-electron chi connectivity index (χ2n) is 3.12. The van der Waals surface area contributed by atoms with Crippen molar-refractivity contribution in [1.29, 1.82) is 0 Å². The van der Waals surface area contributed by atoms with Gasteiger partial charge in [0.15, 0.2) is 3.95 Å². The highest BCUT2D eigenvalue weighted by Crippen LogP contribution is 2.23. The summed E-state index contributed by atoms with van der Waals surface area (Å²) in [6, 6.07) is 2.22. The number of halogens is 2. The standard InChI is InChI=1S/C9H7F2N3S2/c1-4-2-6(11)7(3-5(4)10)12-8-13-14-9(15)16-8/h2-3H,1H3,(H,12,13)(H,14,15). The Morgan fingerprint density at radius 3 is 2.75 bits per heavy atom. The van der Waals surface area contributed by atoms with Crippen molar-refractivity contribution in [2.45, 2.75) is 6.92 Å². The van der Waals surface area contributed by atoms with Crippen molar-refractivity contribution in [2.75, 3.05) is 5.32 Å².